The van der Waals surface area contributed by atoms with Gasteiger partial charge in [-0.05, 0) is 17.6 Å². The molecule has 0 atom stereocenters. The molecule has 14 heavy (non-hydrogen) atoms. The molecule has 0 amide bonds. The predicted octanol–water partition coefficient (Wildman–Crippen LogP) is -2.05. The maximum atomic E-state index is 8.90. The molecular formula is C7H11BN4O2. The molecule has 0 bridgehead atoms. The van der Waals surface area contributed by atoms with E-state index in [1.165, 1.54) is 17.4 Å². The summed E-state index contributed by atoms with van der Waals surface area (Å²) in [6, 6.07) is 6.43. The summed E-state index contributed by atoms with van der Waals surface area (Å²) in [6.45, 7) is 0. The number of hydrazine groups is 1. The van der Waals surface area contributed by atoms with Crippen LogP contribution in [0.15, 0.2) is 29.4 Å². The molecule has 0 aromatic heterocycles. The molecule has 0 heterocycles. The summed E-state index contributed by atoms with van der Waals surface area (Å²) >= 11 is 0. The van der Waals surface area contributed by atoms with Crippen LogP contribution in [0.5, 0.6) is 0 Å². The highest BCUT2D eigenvalue weighted by Gasteiger charge is 2.11. The first kappa shape index (κ1) is 10.5. The molecule has 1 aromatic rings. The van der Waals surface area contributed by atoms with E-state index in [0.29, 0.717) is 11.2 Å². The van der Waals surface area contributed by atoms with Crippen molar-refractivity contribution in [2.24, 2.45) is 16.8 Å². The molecule has 0 radical (unpaired) electrons. The lowest BCUT2D eigenvalue weighted by molar-refractivity contribution is 0.426. The average molecular weight is 194 g/mol. The van der Waals surface area contributed by atoms with Gasteiger partial charge in [0.1, 0.15) is 6.34 Å². The Morgan fingerprint density at radius 2 is 2.14 bits per heavy atom. The predicted molar refractivity (Wildman–Crippen MR) is 55.6 cm³/mol. The van der Waals surface area contributed by atoms with Gasteiger partial charge in [0.2, 0.25) is 0 Å². The first-order valence-corrected chi connectivity index (χ1v) is 3.88. The molecule has 0 aliphatic rings. The Kier molecular flexibility index (Phi) is 3.46. The van der Waals surface area contributed by atoms with E-state index in [9.17, 15) is 0 Å². The number of rotatable bonds is 3. The van der Waals surface area contributed by atoms with E-state index in [1.54, 1.807) is 18.2 Å². The molecule has 74 valence electrons. The number of nitrogens with zero attached hydrogens (tertiary/aromatic N) is 2. The van der Waals surface area contributed by atoms with E-state index >= 15 is 0 Å². The molecule has 1 aromatic carbocycles. The van der Waals surface area contributed by atoms with E-state index in [0.717, 1.165) is 0 Å². The lowest BCUT2D eigenvalue weighted by atomic mass is 9.80. The quantitative estimate of drug-likeness (QED) is 0.145. The van der Waals surface area contributed by atoms with Crippen LogP contribution in [-0.2, 0) is 0 Å². The Morgan fingerprint density at radius 3 is 2.71 bits per heavy atom. The van der Waals surface area contributed by atoms with E-state index in [4.69, 9.17) is 21.7 Å². The number of benzene rings is 1. The summed E-state index contributed by atoms with van der Waals surface area (Å²) in [5, 5.41) is 22.2. The van der Waals surface area contributed by atoms with Gasteiger partial charge in [0, 0.05) is 0 Å². The Morgan fingerprint density at radius 1 is 1.43 bits per heavy atom. The Balaban J connectivity index is 2.93. The van der Waals surface area contributed by atoms with Gasteiger partial charge >= 0.3 is 7.12 Å². The van der Waals surface area contributed by atoms with Gasteiger partial charge in [0.15, 0.2) is 0 Å². The molecular weight excluding hydrogens is 183 g/mol. The number of hydrogen-bond donors (Lipinski definition) is 4. The van der Waals surface area contributed by atoms with Crippen molar-refractivity contribution in [2.75, 3.05) is 5.01 Å². The number of hydrogen-bond acceptors (Lipinski definition) is 5. The number of hydrazone groups is 1. The molecule has 0 aliphatic heterocycles. The van der Waals surface area contributed by atoms with E-state index in [2.05, 4.69) is 5.10 Å². The van der Waals surface area contributed by atoms with E-state index < -0.39 is 7.12 Å². The standard InChI is InChI=1S/C7H11BN4O2/c9-11-5-12(10)7-3-1-2-6(4-7)8(13)14/h1-5,13-14H,9-10H2/b11-5-. The summed E-state index contributed by atoms with van der Waals surface area (Å²) in [7, 11) is -1.52. The Hall–Kier alpha value is -1.57. The molecule has 1 rings (SSSR count). The van der Waals surface area contributed by atoms with Crippen molar-refractivity contribution >= 4 is 24.6 Å². The third-order valence-electron chi connectivity index (χ3n) is 1.66. The van der Waals surface area contributed by atoms with E-state index in [-0.39, 0.29) is 0 Å². The highest BCUT2D eigenvalue weighted by atomic mass is 16.4. The van der Waals surface area contributed by atoms with Crippen LogP contribution < -0.4 is 22.2 Å². The van der Waals surface area contributed by atoms with Crippen molar-refractivity contribution in [2.45, 2.75) is 0 Å². The summed E-state index contributed by atoms with van der Waals surface area (Å²) in [4.78, 5) is 0. The van der Waals surface area contributed by atoms with E-state index in [1.807, 2.05) is 0 Å². The first-order valence-electron chi connectivity index (χ1n) is 3.88. The van der Waals surface area contributed by atoms with Gasteiger partial charge in [-0.3, -0.25) is 5.01 Å². The smallest absolute Gasteiger partial charge is 0.423 e. The molecule has 0 spiro atoms. The van der Waals surface area contributed by atoms with Gasteiger partial charge in [0.25, 0.3) is 0 Å². The van der Waals surface area contributed by atoms with Crippen molar-refractivity contribution in [3.05, 3.63) is 24.3 Å². The van der Waals surface area contributed by atoms with Crippen LogP contribution in [0.25, 0.3) is 0 Å². The maximum Gasteiger partial charge on any atom is 0.488 e. The van der Waals surface area contributed by atoms with Crippen molar-refractivity contribution in [3.63, 3.8) is 0 Å². The second-order valence-corrected chi connectivity index (χ2v) is 2.64. The largest absolute Gasteiger partial charge is 0.488 e. The average Bonchev–Trinajstić information content (AvgIpc) is 2.18. The zero-order chi connectivity index (χ0) is 10.6. The van der Waals surface area contributed by atoms with Crippen molar-refractivity contribution < 1.29 is 10.0 Å². The van der Waals surface area contributed by atoms with Crippen LogP contribution in [0.4, 0.5) is 5.69 Å². The maximum absolute atomic E-state index is 8.90. The SMILES string of the molecule is N/N=C\N(N)c1cccc(B(O)O)c1. The summed E-state index contributed by atoms with van der Waals surface area (Å²) in [5.74, 6) is 10.4. The first-order chi connectivity index (χ1) is 6.65. The van der Waals surface area contributed by atoms with Crippen LogP contribution in [0.1, 0.15) is 0 Å². The lowest BCUT2D eigenvalue weighted by Crippen LogP contribution is -2.33. The summed E-state index contributed by atoms with van der Waals surface area (Å²) in [6.07, 6.45) is 1.21. The third-order valence-corrected chi connectivity index (χ3v) is 1.66. The minimum atomic E-state index is -1.52. The molecule has 6 nitrogen and oxygen atoms in total. The molecule has 0 fully saturated rings. The fraction of sp³-hybridized carbons (Fsp3) is 0. The number of anilines is 1. The Labute approximate surface area is 81.6 Å². The van der Waals surface area contributed by atoms with Gasteiger partial charge < -0.3 is 15.9 Å². The fourth-order valence-corrected chi connectivity index (χ4v) is 0.984. The minimum absolute atomic E-state index is 0.350. The summed E-state index contributed by atoms with van der Waals surface area (Å²) < 4.78 is 0. The third kappa shape index (κ3) is 2.46. The van der Waals surface area contributed by atoms with Gasteiger partial charge in [-0.15, -0.1) is 0 Å². The lowest BCUT2D eigenvalue weighted by Gasteiger charge is -2.12. The van der Waals surface area contributed by atoms with Crippen LogP contribution in [-0.4, -0.2) is 23.5 Å². The molecule has 0 unspecified atom stereocenters. The molecule has 0 aliphatic carbocycles. The molecule has 7 heteroatoms. The highest BCUT2D eigenvalue weighted by molar-refractivity contribution is 6.58. The normalized spacial score (nSPS) is 10.5. The van der Waals surface area contributed by atoms with Gasteiger partial charge in [0.05, 0.1) is 5.69 Å². The van der Waals surface area contributed by atoms with Gasteiger partial charge in [-0.25, -0.2) is 5.84 Å². The van der Waals surface area contributed by atoms with Crippen molar-refractivity contribution in [1.82, 2.24) is 0 Å². The molecule has 6 N–H and O–H groups in total. The molecule has 0 saturated carbocycles. The van der Waals surface area contributed by atoms with Crippen LogP contribution >= 0.6 is 0 Å². The van der Waals surface area contributed by atoms with Crippen LogP contribution in [0.2, 0.25) is 0 Å². The second-order valence-electron chi connectivity index (χ2n) is 2.64. The van der Waals surface area contributed by atoms with Gasteiger partial charge in [-0.1, -0.05) is 12.1 Å². The monoisotopic (exact) mass is 194 g/mol. The zero-order valence-corrected chi connectivity index (χ0v) is 7.41. The van der Waals surface area contributed by atoms with Crippen molar-refractivity contribution in [3.8, 4) is 0 Å². The van der Waals surface area contributed by atoms with Crippen LogP contribution in [0, 0.1) is 0 Å². The highest BCUT2D eigenvalue weighted by Crippen LogP contribution is 2.06. The minimum Gasteiger partial charge on any atom is -0.423 e. The zero-order valence-electron chi connectivity index (χ0n) is 7.41. The Bertz CT molecular complexity index is 331. The number of nitrogens with two attached hydrogens (primary N) is 2. The van der Waals surface area contributed by atoms with Gasteiger partial charge in [-0.2, -0.15) is 5.10 Å². The molecule has 0 saturated heterocycles. The van der Waals surface area contributed by atoms with Crippen LogP contribution in [0.3, 0.4) is 0 Å². The topological polar surface area (TPSA) is 108 Å². The fourth-order valence-electron chi connectivity index (χ4n) is 0.984. The second kappa shape index (κ2) is 4.61. The van der Waals surface area contributed by atoms with Crippen molar-refractivity contribution in [1.29, 1.82) is 0 Å². The summed E-state index contributed by atoms with van der Waals surface area (Å²) in [5.41, 5.74) is 0.910.